The minimum atomic E-state index is -0.367. The molecule has 2 rings (SSSR count). The molecule has 0 unspecified atom stereocenters. The summed E-state index contributed by atoms with van der Waals surface area (Å²) in [6, 6.07) is 4.88. The number of halogens is 1. The molecular weight excluding hydrogens is 322 g/mol. The van der Waals surface area contributed by atoms with Crippen molar-refractivity contribution in [1.82, 2.24) is 9.78 Å². The summed E-state index contributed by atoms with van der Waals surface area (Å²) < 4.78 is 1.89. The summed E-state index contributed by atoms with van der Waals surface area (Å²) in [5.41, 5.74) is 1.06. The van der Waals surface area contributed by atoms with Crippen LogP contribution < -0.4 is 0 Å². The molecule has 0 bridgehead atoms. The molecular formula is C14H18BrN3O2. The maximum atomic E-state index is 10.9. The topological polar surface area (TPSA) is 61.0 Å². The molecule has 0 aliphatic carbocycles. The normalized spacial score (nSPS) is 11.9. The highest BCUT2D eigenvalue weighted by atomic mass is 79.9. The fraction of sp³-hybridized carbons (Fsp3) is 0.500. The zero-order valence-electron chi connectivity index (χ0n) is 11.7. The van der Waals surface area contributed by atoms with Crippen molar-refractivity contribution in [3.05, 3.63) is 34.5 Å². The summed E-state index contributed by atoms with van der Waals surface area (Å²) in [5.74, 6) is 0. The highest BCUT2D eigenvalue weighted by Gasteiger charge is 2.26. The zero-order valence-corrected chi connectivity index (χ0v) is 13.3. The van der Waals surface area contributed by atoms with Crippen molar-refractivity contribution < 1.29 is 4.92 Å². The first-order valence-electron chi connectivity index (χ1n) is 6.71. The average Bonchev–Trinajstić information content (AvgIpc) is 2.87. The van der Waals surface area contributed by atoms with Gasteiger partial charge in [-0.15, -0.1) is 0 Å². The van der Waals surface area contributed by atoms with E-state index in [1.807, 2.05) is 4.68 Å². The van der Waals surface area contributed by atoms with E-state index in [2.05, 4.69) is 34.9 Å². The molecule has 0 saturated heterocycles. The molecule has 1 aromatic heterocycles. The van der Waals surface area contributed by atoms with Crippen LogP contribution in [-0.2, 0) is 6.54 Å². The summed E-state index contributed by atoms with van der Waals surface area (Å²) in [6.45, 7) is 5.09. The maximum absolute atomic E-state index is 10.9. The molecule has 0 saturated carbocycles. The van der Waals surface area contributed by atoms with E-state index in [-0.39, 0.29) is 16.0 Å². The number of hydrogen-bond acceptors (Lipinski definition) is 3. The molecule has 0 atom stereocenters. The lowest BCUT2D eigenvalue weighted by molar-refractivity contribution is -0.384. The number of nitro benzene ring substituents is 1. The molecule has 6 heteroatoms. The van der Waals surface area contributed by atoms with Crippen LogP contribution in [0.1, 0.15) is 26.7 Å². The molecule has 0 radical (unpaired) electrons. The fourth-order valence-corrected chi connectivity index (χ4v) is 3.29. The summed E-state index contributed by atoms with van der Waals surface area (Å²) in [6.07, 6.45) is 3.83. The second kappa shape index (κ2) is 5.91. The minimum Gasteiger partial charge on any atom is -0.264 e. The van der Waals surface area contributed by atoms with Crippen LogP contribution in [-0.4, -0.2) is 20.0 Å². The van der Waals surface area contributed by atoms with Gasteiger partial charge in [-0.1, -0.05) is 29.8 Å². The highest BCUT2D eigenvalue weighted by Crippen LogP contribution is 2.32. The molecule has 0 aliphatic heterocycles. The quantitative estimate of drug-likeness (QED) is 0.451. The largest absolute Gasteiger partial charge is 0.271 e. The minimum absolute atomic E-state index is 0.108. The molecule has 2 aromatic rings. The van der Waals surface area contributed by atoms with Crippen molar-refractivity contribution in [3.8, 4) is 0 Å². The third-order valence-electron chi connectivity index (χ3n) is 4.11. The number of fused-ring (bicyclic) bond motifs is 1. The van der Waals surface area contributed by atoms with Crippen LogP contribution in [0.15, 0.2) is 24.4 Å². The number of benzene rings is 1. The van der Waals surface area contributed by atoms with Crippen LogP contribution in [0.3, 0.4) is 0 Å². The first-order chi connectivity index (χ1) is 9.55. The number of aromatic nitrogens is 2. The van der Waals surface area contributed by atoms with Gasteiger partial charge in [0.05, 0.1) is 16.6 Å². The van der Waals surface area contributed by atoms with Gasteiger partial charge in [0, 0.05) is 29.4 Å². The molecule has 1 aromatic carbocycles. The molecule has 5 nitrogen and oxygen atoms in total. The van der Waals surface area contributed by atoms with E-state index in [9.17, 15) is 10.1 Å². The first kappa shape index (κ1) is 15.0. The number of hydrogen-bond donors (Lipinski definition) is 0. The Morgan fingerprint density at radius 2 is 2.10 bits per heavy atom. The van der Waals surface area contributed by atoms with Gasteiger partial charge in [0.25, 0.3) is 5.69 Å². The van der Waals surface area contributed by atoms with Crippen LogP contribution in [0.4, 0.5) is 5.69 Å². The first-order valence-corrected chi connectivity index (χ1v) is 7.83. The summed E-state index contributed by atoms with van der Waals surface area (Å²) in [7, 11) is 0. The second-order valence-corrected chi connectivity index (χ2v) is 5.70. The zero-order chi connectivity index (χ0) is 14.8. The molecule has 0 amide bonds. The molecule has 0 spiro atoms. The Balaban J connectivity index is 2.44. The van der Waals surface area contributed by atoms with Gasteiger partial charge in [-0.2, -0.15) is 5.10 Å². The molecule has 20 heavy (non-hydrogen) atoms. The standard InChI is InChI=1S/C14H18BrN3O2/c1-3-14(4-2,9-15)10-17-13-7-12(18(19)20)6-5-11(13)8-16-17/h5-8H,3-4,9-10H2,1-2H3. The van der Waals surface area contributed by atoms with E-state index in [1.165, 1.54) is 6.07 Å². The summed E-state index contributed by atoms with van der Waals surface area (Å²) in [5, 5.41) is 17.1. The SMILES string of the molecule is CCC(CC)(CBr)Cn1ncc2ccc([N+](=O)[O-])cc21. The van der Waals surface area contributed by atoms with E-state index in [1.54, 1.807) is 18.3 Å². The lowest BCUT2D eigenvalue weighted by Gasteiger charge is -2.29. The third-order valence-corrected chi connectivity index (χ3v) is 5.30. The Labute approximate surface area is 126 Å². The van der Waals surface area contributed by atoms with E-state index in [0.29, 0.717) is 0 Å². The van der Waals surface area contributed by atoms with Gasteiger partial charge in [-0.3, -0.25) is 14.8 Å². The van der Waals surface area contributed by atoms with Crippen molar-refractivity contribution in [3.63, 3.8) is 0 Å². The Morgan fingerprint density at radius 3 is 2.65 bits per heavy atom. The van der Waals surface area contributed by atoms with Crippen molar-refractivity contribution >= 4 is 32.5 Å². The highest BCUT2D eigenvalue weighted by molar-refractivity contribution is 9.09. The van der Waals surface area contributed by atoms with Crippen LogP contribution in [0.25, 0.3) is 10.9 Å². The smallest absolute Gasteiger partial charge is 0.264 e. The number of nitro groups is 1. The van der Waals surface area contributed by atoms with Gasteiger partial charge in [0.15, 0.2) is 0 Å². The van der Waals surface area contributed by atoms with Gasteiger partial charge in [0.1, 0.15) is 0 Å². The Hall–Kier alpha value is -1.43. The Morgan fingerprint density at radius 1 is 1.40 bits per heavy atom. The number of alkyl halides is 1. The van der Waals surface area contributed by atoms with Gasteiger partial charge >= 0.3 is 0 Å². The summed E-state index contributed by atoms with van der Waals surface area (Å²) >= 11 is 3.59. The van der Waals surface area contributed by atoms with Gasteiger partial charge in [-0.05, 0) is 24.3 Å². The lowest BCUT2D eigenvalue weighted by Crippen LogP contribution is -2.27. The lowest BCUT2D eigenvalue weighted by atomic mass is 9.84. The van der Waals surface area contributed by atoms with Crippen molar-refractivity contribution in [1.29, 1.82) is 0 Å². The predicted octanol–water partition coefficient (Wildman–Crippen LogP) is 4.15. The number of nitrogens with zero attached hydrogens (tertiary/aromatic N) is 3. The van der Waals surface area contributed by atoms with E-state index >= 15 is 0 Å². The average molecular weight is 340 g/mol. The van der Waals surface area contributed by atoms with Crippen molar-refractivity contribution in [2.45, 2.75) is 33.2 Å². The maximum Gasteiger partial charge on any atom is 0.271 e. The monoisotopic (exact) mass is 339 g/mol. The molecule has 108 valence electrons. The van der Waals surface area contributed by atoms with Gasteiger partial charge < -0.3 is 0 Å². The summed E-state index contributed by atoms with van der Waals surface area (Å²) in [4.78, 5) is 10.5. The van der Waals surface area contributed by atoms with E-state index in [4.69, 9.17) is 0 Å². The van der Waals surface area contributed by atoms with Crippen molar-refractivity contribution in [2.24, 2.45) is 5.41 Å². The molecule has 1 heterocycles. The fourth-order valence-electron chi connectivity index (χ4n) is 2.32. The van der Waals surface area contributed by atoms with Crippen LogP contribution in [0.2, 0.25) is 0 Å². The van der Waals surface area contributed by atoms with Crippen LogP contribution in [0, 0.1) is 15.5 Å². The second-order valence-electron chi connectivity index (χ2n) is 5.14. The van der Waals surface area contributed by atoms with Crippen molar-refractivity contribution in [2.75, 3.05) is 5.33 Å². The van der Waals surface area contributed by atoms with Gasteiger partial charge in [0.2, 0.25) is 0 Å². The van der Waals surface area contributed by atoms with Gasteiger partial charge in [-0.25, -0.2) is 0 Å². The van der Waals surface area contributed by atoms with Crippen LogP contribution in [0.5, 0.6) is 0 Å². The number of rotatable bonds is 6. The number of non-ortho nitro benzene ring substituents is 1. The van der Waals surface area contributed by atoms with Crippen LogP contribution >= 0.6 is 15.9 Å². The predicted molar refractivity (Wildman–Crippen MR) is 83.2 cm³/mol. The molecule has 0 aliphatic rings. The molecule has 0 N–H and O–H groups in total. The van der Waals surface area contributed by atoms with E-state index in [0.717, 1.165) is 35.6 Å². The molecule has 0 fully saturated rings. The third kappa shape index (κ3) is 2.70. The Bertz CT molecular complexity index is 612. The Kier molecular flexibility index (Phi) is 4.42. The van der Waals surface area contributed by atoms with E-state index < -0.39 is 0 Å².